The summed E-state index contributed by atoms with van der Waals surface area (Å²) in [4.78, 5) is 26.1. The van der Waals surface area contributed by atoms with Gasteiger partial charge in [0, 0.05) is 29.8 Å². The Morgan fingerprint density at radius 1 is 1.23 bits per heavy atom. The van der Waals surface area contributed by atoms with Gasteiger partial charge in [-0.2, -0.15) is 5.26 Å². The molecule has 2 aromatic carbocycles. The van der Waals surface area contributed by atoms with E-state index in [4.69, 9.17) is 10.00 Å². The number of benzene rings is 2. The molecule has 0 unspecified atom stereocenters. The van der Waals surface area contributed by atoms with Crippen LogP contribution in [-0.2, 0) is 4.79 Å². The largest absolute Gasteiger partial charge is 0.478 e. The second kappa shape index (κ2) is 8.13. The van der Waals surface area contributed by atoms with E-state index in [1.54, 1.807) is 35.2 Å². The van der Waals surface area contributed by atoms with Crippen LogP contribution in [0.4, 0.5) is 5.69 Å². The van der Waals surface area contributed by atoms with Gasteiger partial charge in [-0.25, -0.2) is 0 Å². The average Bonchev–Trinajstić information content (AvgIpc) is 3.11. The van der Waals surface area contributed by atoms with Gasteiger partial charge in [0.25, 0.3) is 0 Å². The number of anilines is 1. The third-order valence-corrected chi connectivity index (χ3v) is 4.14. The Kier molecular flexibility index (Phi) is 5.45. The summed E-state index contributed by atoms with van der Waals surface area (Å²) < 4.78 is 5.35. The summed E-state index contributed by atoms with van der Waals surface area (Å²) in [5.41, 5.74) is 2.00. The highest BCUT2D eigenvalue weighted by molar-refractivity contribution is 6.08. The van der Waals surface area contributed by atoms with Gasteiger partial charge in [-0.3, -0.25) is 9.59 Å². The fourth-order valence-electron chi connectivity index (χ4n) is 2.87. The zero-order valence-electron chi connectivity index (χ0n) is 14.2. The fraction of sp³-hybridized carbons (Fsp3) is 0.190. The normalized spacial score (nSPS) is 13.8. The number of ketones is 1. The van der Waals surface area contributed by atoms with E-state index in [-0.39, 0.29) is 18.3 Å². The van der Waals surface area contributed by atoms with Crippen LogP contribution < -0.4 is 9.64 Å². The lowest BCUT2D eigenvalue weighted by Gasteiger charge is -2.16. The van der Waals surface area contributed by atoms with Crippen molar-refractivity contribution in [2.45, 2.75) is 12.8 Å². The Morgan fingerprint density at radius 2 is 2.08 bits per heavy atom. The summed E-state index contributed by atoms with van der Waals surface area (Å²) in [7, 11) is 0. The molecule has 0 saturated carbocycles. The van der Waals surface area contributed by atoms with Gasteiger partial charge in [-0.15, -0.1) is 0 Å². The summed E-state index contributed by atoms with van der Waals surface area (Å²) in [6.45, 7) is 0.640. The van der Waals surface area contributed by atoms with Gasteiger partial charge < -0.3 is 9.64 Å². The monoisotopic (exact) mass is 346 g/mol. The van der Waals surface area contributed by atoms with Gasteiger partial charge in [0.15, 0.2) is 12.4 Å². The summed E-state index contributed by atoms with van der Waals surface area (Å²) in [5.74, 6) is 0.483. The van der Waals surface area contributed by atoms with Gasteiger partial charge >= 0.3 is 0 Å². The van der Waals surface area contributed by atoms with Crippen LogP contribution in [0.15, 0.2) is 54.6 Å². The molecule has 5 nitrogen and oxygen atoms in total. The highest BCUT2D eigenvalue weighted by Gasteiger charge is 2.22. The van der Waals surface area contributed by atoms with E-state index in [0.29, 0.717) is 24.3 Å². The molecule has 26 heavy (non-hydrogen) atoms. The predicted molar refractivity (Wildman–Crippen MR) is 98.9 cm³/mol. The van der Waals surface area contributed by atoms with Crippen molar-refractivity contribution in [1.29, 1.82) is 5.26 Å². The van der Waals surface area contributed by atoms with Crippen molar-refractivity contribution >= 4 is 23.5 Å². The first-order valence-corrected chi connectivity index (χ1v) is 8.40. The minimum Gasteiger partial charge on any atom is -0.478 e. The summed E-state index contributed by atoms with van der Waals surface area (Å²) in [5, 5.41) is 8.64. The fourth-order valence-corrected chi connectivity index (χ4v) is 2.87. The summed E-state index contributed by atoms with van der Waals surface area (Å²) in [6, 6.07) is 16.2. The van der Waals surface area contributed by atoms with Crippen molar-refractivity contribution < 1.29 is 14.3 Å². The number of rotatable bonds is 6. The lowest BCUT2D eigenvalue weighted by atomic mass is 10.1. The highest BCUT2D eigenvalue weighted by Crippen LogP contribution is 2.23. The van der Waals surface area contributed by atoms with Crippen molar-refractivity contribution in [3.8, 4) is 11.8 Å². The van der Waals surface area contributed by atoms with E-state index < -0.39 is 0 Å². The van der Waals surface area contributed by atoms with Crippen molar-refractivity contribution in [3.05, 3.63) is 65.7 Å². The quantitative estimate of drug-likeness (QED) is 0.592. The minimum atomic E-state index is -0.159. The molecule has 0 aromatic heterocycles. The van der Waals surface area contributed by atoms with E-state index in [1.165, 1.54) is 6.08 Å². The molecule has 1 aliphatic rings. The first-order chi connectivity index (χ1) is 12.7. The smallest absolute Gasteiger partial charge is 0.227 e. The Balaban J connectivity index is 1.77. The molecule has 0 N–H and O–H groups in total. The topological polar surface area (TPSA) is 70.4 Å². The number of hydrogen-bond donors (Lipinski definition) is 0. The first-order valence-electron chi connectivity index (χ1n) is 8.40. The number of carbonyl (C=O) groups excluding carboxylic acids is 2. The van der Waals surface area contributed by atoms with Crippen LogP contribution in [0, 0.1) is 11.3 Å². The van der Waals surface area contributed by atoms with Crippen molar-refractivity contribution in [1.82, 2.24) is 0 Å². The molecule has 5 heteroatoms. The van der Waals surface area contributed by atoms with Crippen LogP contribution in [0.3, 0.4) is 0 Å². The van der Waals surface area contributed by atoms with Crippen molar-refractivity contribution in [2.75, 3.05) is 18.1 Å². The molecular formula is C21H18N2O3. The average molecular weight is 346 g/mol. The lowest BCUT2D eigenvalue weighted by molar-refractivity contribution is -0.117. The molecule has 2 aromatic rings. The molecule has 0 aliphatic carbocycles. The predicted octanol–water partition coefficient (Wildman–Crippen LogP) is 3.61. The second-order valence-electron chi connectivity index (χ2n) is 5.88. The van der Waals surface area contributed by atoms with Crippen LogP contribution in [0.1, 0.15) is 28.8 Å². The molecule has 1 fully saturated rings. The maximum Gasteiger partial charge on any atom is 0.227 e. The summed E-state index contributed by atoms with van der Waals surface area (Å²) >= 11 is 0. The van der Waals surface area contributed by atoms with Gasteiger partial charge in [0.2, 0.25) is 5.91 Å². The van der Waals surface area contributed by atoms with E-state index in [9.17, 15) is 9.59 Å². The van der Waals surface area contributed by atoms with Crippen molar-refractivity contribution in [2.24, 2.45) is 0 Å². The molecule has 1 heterocycles. The zero-order valence-corrected chi connectivity index (χ0v) is 14.2. The Bertz CT molecular complexity index is 896. The molecular weight excluding hydrogens is 328 g/mol. The Labute approximate surface area is 152 Å². The molecule has 3 rings (SSSR count). The lowest BCUT2D eigenvalue weighted by Crippen LogP contribution is -2.23. The van der Waals surface area contributed by atoms with Crippen LogP contribution in [0.5, 0.6) is 5.75 Å². The maximum absolute atomic E-state index is 12.5. The van der Waals surface area contributed by atoms with Crippen LogP contribution >= 0.6 is 0 Å². The number of hydrogen-bond acceptors (Lipinski definition) is 4. The number of para-hydroxylation sites is 1. The number of nitriles is 1. The molecule has 0 bridgehead atoms. The van der Waals surface area contributed by atoms with E-state index in [1.807, 2.05) is 30.3 Å². The molecule has 130 valence electrons. The highest BCUT2D eigenvalue weighted by atomic mass is 16.5. The third-order valence-electron chi connectivity index (χ3n) is 4.14. The Morgan fingerprint density at radius 3 is 2.85 bits per heavy atom. The molecule has 0 spiro atoms. The third kappa shape index (κ3) is 3.98. The molecule has 0 atom stereocenters. The van der Waals surface area contributed by atoms with Gasteiger partial charge in [-0.05, 0) is 36.8 Å². The maximum atomic E-state index is 12.5. The minimum absolute atomic E-state index is 0.0509. The number of ether oxygens (including phenoxy) is 1. The van der Waals surface area contributed by atoms with Crippen LogP contribution in [-0.4, -0.2) is 24.8 Å². The number of carbonyl (C=O) groups is 2. The molecule has 1 saturated heterocycles. The SMILES string of the molecule is N#CCOc1ccccc1/C=C/C(=O)c1cccc(N2CCCC2=O)c1. The first kappa shape index (κ1) is 17.4. The van der Waals surface area contributed by atoms with Crippen molar-refractivity contribution in [3.63, 3.8) is 0 Å². The number of amides is 1. The second-order valence-corrected chi connectivity index (χ2v) is 5.88. The van der Waals surface area contributed by atoms with E-state index in [2.05, 4.69) is 0 Å². The van der Waals surface area contributed by atoms with Gasteiger partial charge in [0.05, 0.1) is 0 Å². The number of nitrogens with zero attached hydrogens (tertiary/aromatic N) is 2. The van der Waals surface area contributed by atoms with Crippen LogP contribution in [0.25, 0.3) is 6.08 Å². The van der Waals surface area contributed by atoms with Gasteiger partial charge in [0.1, 0.15) is 11.8 Å². The molecule has 1 amide bonds. The summed E-state index contributed by atoms with van der Waals surface area (Å²) in [6.07, 6.45) is 4.54. The van der Waals surface area contributed by atoms with Crippen LogP contribution in [0.2, 0.25) is 0 Å². The van der Waals surface area contributed by atoms with E-state index >= 15 is 0 Å². The standard InChI is InChI=1S/C21H18N2O3/c22-12-14-26-20-8-2-1-5-16(20)10-11-19(24)17-6-3-7-18(15-17)23-13-4-9-21(23)25/h1-3,5-8,10-11,15H,4,9,13-14H2/b11-10+. The van der Waals surface area contributed by atoms with Gasteiger partial charge in [-0.1, -0.05) is 30.3 Å². The van der Waals surface area contributed by atoms with E-state index in [0.717, 1.165) is 17.7 Å². The Hall–Kier alpha value is -3.39. The number of allylic oxidation sites excluding steroid dienone is 1. The molecule has 1 aliphatic heterocycles. The molecule has 0 radical (unpaired) electrons. The zero-order chi connectivity index (χ0) is 18.4.